The third kappa shape index (κ3) is 6.64. The van der Waals surface area contributed by atoms with Gasteiger partial charge in [-0.1, -0.05) is 29.8 Å². The topological polar surface area (TPSA) is 67.8 Å². The van der Waals surface area contributed by atoms with E-state index >= 15 is 0 Å². The fourth-order valence-corrected chi connectivity index (χ4v) is 2.41. The van der Waals surface area contributed by atoms with Gasteiger partial charge < -0.3 is 19.9 Å². The first-order valence-electron chi connectivity index (χ1n) is 8.05. The molecule has 2 N–H and O–H groups in total. The van der Waals surface area contributed by atoms with Crippen LogP contribution in [-0.4, -0.2) is 24.7 Å². The standard InChI is InChI=1S/C19H22ClNO4/c1-24-18-11-15(12-21-10-2-3-19(22)23)6-9-17(18)25-13-14-4-7-16(20)8-5-14/h4-9,11,21H,2-3,10,12-13H2,1H3,(H,22,23). The van der Waals surface area contributed by atoms with Crippen LogP contribution in [0.15, 0.2) is 42.5 Å². The molecular formula is C19H22ClNO4. The van der Waals surface area contributed by atoms with Crippen molar-refractivity contribution < 1.29 is 19.4 Å². The predicted octanol–water partition coefficient (Wildman–Crippen LogP) is 3.88. The first-order valence-corrected chi connectivity index (χ1v) is 8.43. The summed E-state index contributed by atoms with van der Waals surface area (Å²) in [5.74, 6) is 0.566. The second-order valence-corrected chi connectivity index (χ2v) is 6.01. The summed E-state index contributed by atoms with van der Waals surface area (Å²) in [6, 6.07) is 13.3. The Kier molecular flexibility index (Phi) is 7.57. The highest BCUT2D eigenvalue weighted by Crippen LogP contribution is 2.29. The average molecular weight is 364 g/mol. The van der Waals surface area contributed by atoms with Crippen LogP contribution in [0, 0.1) is 0 Å². The number of carbonyl (C=O) groups is 1. The molecule has 0 aliphatic carbocycles. The first kappa shape index (κ1) is 19.1. The summed E-state index contributed by atoms with van der Waals surface area (Å²) in [5.41, 5.74) is 2.07. The highest BCUT2D eigenvalue weighted by atomic mass is 35.5. The lowest BCUT2D eigenvalue weighted by Gasteiger charge is -2.13. The molecule has 0 heterocycles. The molecule has 0 aliphatic heterocycles. The van der Waals surface area contributed by atoms with Crippen LogP contribution in [0.2, 0.25) is 5.02 Å². The molecule has 0 saturated heterocycles. The van der Waals surface area contributed by atoms with Gasteiger partial charge in [0, 0.05) is 18.0 Å². The van der Waals surface area contributed by atoms with E-state index in [1.165, 1.54) is 0 Å². The van der Waals surface area contributed by atoms with Crippen molar-refractivity contribution in [3.05, 3.63) is 58.6 Å². The van der Waals surface area contributed by atoms with Crippen molar-refractivity contribution in [3.63, 3.8) is 0 Å². The molecule has 0 aromatic heterocycles. The number of ether oxygens (including phenoxy) is 2. The molecule has 0 fully saturated rings. The second kappa shape index (κ2) is 9.91. The molecule has 2 aromatic carbocycles. The fraction of sp³-hybridized carbons (Fsp3) is 0.316. The lowest BCUT2D eigenvalue weighted by molar-refractivity contribution is -0.137. The second-order valence-electron chi connectivity index (χ2n) is 5.57. The first-order chi connectivity index (χ1) is 12.1. The zero-order valence-electron chi connectivity index (χ0n) is 14.1. The molecule has 0 radical (unpaired) electrons. The number of carboxylic acid groups (broad SMARTS) is 1. The van der Waals surface area contributed by atoms with Crippen molar-refractivity contribution in [2.45, 2.75) is 26.0 Å². The summed E-state index contributed by atoms with van der Waals surface area (Å²) in [6.07, 6.45) is 0.780. The van der Waals surface area contributed by atoms with Crippen molar-refractivity contribution in [2.75, 3.05) is 13.7 Å². The lowest BCUT2D eigenvalue weighted by atomic mass is 10.2. The number of carboxylic acids is 1. The van der Waals surface area contributed by atoms with E-state index in [0.717, 1.165) is 11.1 Å². The lowest BCUT2D eigenvalue weighted by Crippen LogP contribution is -2.15. The summed E-state index contributed by atoms with van der Waals surface area (Å²) in [4.78, 5) is 10.5. The van der Waals surface area contributed by atoms with Crippen LogP contribution in [0.3, 0.4) is 0 Å². The van der Waals surface area contributed by atoms with Gasteiger partial charge in [0.1, 0.15) is 6.61 Å². The van der Waals surface area contributed by atoms with Crippen LogP contribution in [0.1, 0.15) is 24.0 Å². The van der Waals surface area contributed by atoms with Crippen LogP contribution in [0.5, 0.6) is 11.5 Å². The number of hydrogen-bond donors (Lipinski definition) is 2. The van der Waals surface area contributed by atoms with E-state index in [1.807, 2.05) is 42.5 Å². The summed E-state index contributed by atoms with van der Waals surface area (Å²) in [5, 5.41) is 12.5. The van der Waals surface area contributed by atoms with Crippen molar-refractivity contribution in [3.8, 4) is 11.5 Å². The van der Waals surface area contributed by atoms with Crippen molar-refractivity contribution in [1.82, 2.24) is 5.32 Å². The monoisotopic (exact) mass is 363 g/mol. The zero-order chi connectivity index (χ0) is 18.1. The van der Waals surface area contributed by atoms with Gasteiger partial charge in [0.2, 0.25) is 0 Å². The third-order valence-corrected chi connectivity index (χ3v) is 3.86. The predicted molar refractivity (Wildman–Crippen MR) is 97.4 cm³/mol. The molecule has 0 saturated carbocycles. The van der Waals surface area contributed by atoms with E-state index < -0.39 is 5.97 Å². The van der Waals surface area contributed by atoms with E-state index in [4.69, 9.17) is 26.2 Å². The molecule has 0 amide bonds. The van der Waals surface area contributed by atoms with Gasteiger partial charge in [-0.2, -0.15) is 0 Å². The van der Waals surface area contributed by atoms with E-state index in [2.05, 4.69) is 5.32 Å². The number of nitrogens with one attached hydrogen (secondary N) is 1. The number of hydrogen-bond acceptors (Lipinski definition) is 4. The van der Waals surface area contributed by atoms with Gasteiger partial charge in [-0.3, -0.25) is 4.79 Å². The molecule has 5 nitrogen and oxygen atoms in total. The van der Waals surface area contributed by atoms with Gasteiger partial charge in [0.05, 0.1) is 7.11 Å². The Morgan fingerprint density at radius 1 is 1.12 bits per heavy atom. The SMILES string of the molecule is COc1cc(CNCCCC(=O)O)ccc1OCc1ccc(Cl)cc1. The van der Waals surface area contributed by atoms with E-state index in [9.17, 15) is 4.79 Å². The van der Waals surface area contributed by atoms with Crippen LogP contribution in [0.4, 0.5) is 0 Å². The Morgan fingerprint density at radius 2 is 1.84 bits per heavy atom. The maximum absolute atomic E-state index is 10.5. The molecule has 6 heteroatoms. The average Bonchev–Trinajstić information content (AvgIpc) is 2.61. The largest absolute Gasteiger partial charge is 0.493 e. The minimum Gasteiger partial charge on any atom is -0.493 e. The fourth-order valence-electron chi connectivity index (χ4n) is 2.28. The Bertz CT molecular complexity index is 688. The Balaban J connectivity index is 1.87. The molecular weight excluding hydrogens is 342 g/mol. The molecule has 2 rings (SSSR count). The maximum Gasteiger partial charge on any atom is 0.303 e. The van der Waals surface area contributed by atoms with Crippen molar-refractivity contribution >= 4 is 17.6 Å². The molecule has 25 heavy (non-hydrogen) atoms. The Morgan fingerprint density at radius 3 is 2.52 bits per heavy atom. The summed E-state index contributed by atoms with van der Waals surface area (Å²) in [7, 11) is 1.61. The molecule has 0 spiro atoms. The summed E-state index contributed by atoms with van der Waals surface area (Å²) >= 11 is 5.87. The zero-order valence-corrected chi connectivity index (χ0v) is 14.9. The number of rotatable bonds is 10. The van der Waals surface area contributed by atoms with Gasteiger partial charge in [-0.25, -0.2) is 0 Å². The molecule has 2 aromatic rings. The number of halogens is 1. The highest BCUT2D eigenvalue weighted by Gasteiger charge is 2.06. The number of aliphatic carboxylic acids is 1. The minimum absolute atomic E-state index is 0.174. The Hall–Kier alpha value is -2.24. The molecule has 0 aliphatic rings. The van der Waals surface area contributed by atoms with Crippen LogP contribution in [0.25, 0.3) is 0 Å². The molecule has 0 atom stereocenters. The maximum atomic E-state index is 10.5. The van der Waals surface area contributed by atoms with E-state index in [0.29, 0.717) is 42.6 Å². The molecule has 0 bridgehead atoms. The van der Waals surface area contributed by atoms with Crippen molar-refractivity contribution in [2.24, 2.45) is 0 Å². The normalized spacial score (nSPS) is 10.5. The Labute approximate surface area is 152 Å². The quantitative estimate of drug-likeness (QED) is 0.627. The van der Waals surface area contributed by atoms with Gasteiger partial charge in [0.25, 0.3) is 0 Å². The molecule has 0 unspecified atom stereocenters. The van der Waals surface area contributed by atoms with E-state index in [-0.39, 0.29) is 6.42 Å². The van der Waals surface area contributed by atoms with Gasteiger partial charge >= 0.3 is 5.97 Å². The van der Waals surface area contributed by atoms with Gasteiger partial charge in [-0.15, -0.1) is 0 Å². The van der Waals surface area contributed by atoms with Crippen molar-refractivity contribution in [1.29, 1.82) is 0 Å². The van der Waals surface area contributed by atoms with Crippen LogP contribution >= 0.6 is 11.6 Å². The van der Waals surface area contributed by atoms with Gasteiger partial charge in [0.15, 0.2) is 11.5 Å². The minimum atomic E-state index is -0.773. The summed E-state index contributed by atoms with van der Waals surface area (Å²) in [6.45, 7) is 1.73. The third-order valence-electron chi connectivity index (χ3n) is 3.61. The molecule has 134 valence electrons. The van der Waals surface area contributed by atoms with Crippen LogP contribution in [-0.2, 0) is 17.9 Å². The van der Waals surface area contributed by atoms with Crippen LogP contribution < -0.4 is 14.8 Å². The van der Waals surface area contributed by atoms with E-state index in [1.54, 1.807) is 7.11 Å². The smallest absolute Gasteiger partial charge is 0.303 e. The summed E-state index contributed by atoms with van der Waals surface area (Å²) < 4.78 is 11.2. The number of methoxy groups -OCH3 is 1. The highest BCUT2D eigenvalue weighted by molar-refractivity contribution is 6.30. The van der Waals surface area contributed by atoms with Gasteiger partial charge in [-0.05, 0) is 48.4 Å². The number of benzene rings is 2.